The first-order valence-corrected chi connectivity index (χ1v) is 9.18. The summed E-state index contributed by atoms with van der Waals surface area (Å²) in [4.78, 5) is 4.92. The molecule has 3 unspecified atom stereocenters. The van der Waals surface area contributed by atoms with Gasteiger partial charge < -0.3 is 5.32 Å². The van der Waals surface area contributed by atoms with Gasteiger partial charge in [-0.05, 0) is 43.6 Å². The first-order chi connectivity index (χ1) is 9.61. The molecule has 3 heteroatoms. The van der Waals surface area contributed by atoms with E-state index in [2.05, 4.69) is 38.4 Å². The molecule has 0 radical (unpaired) electrons. The maximum Gasteiger partial charge on any atom is 0.110 e. The van der Waals surface area contributed by atoms with E-state index in [4.69, 9.17) is 4.98 Å². The summed E-state index contributed by atoms with van der Waals surface area (Å²) < 4.78 is 0. The highest BCUT2D eigenvalue weighted by molar-refractivity contribution is 7.09. The summed E-state index contributed by atoms with van der Waals surface area (Å²) in [5.74, 6) is 2.19. The average molecular weight is 295 g/mol. The molecular formula is C17H30N2S. The van der Waals surface area contributed by atoms with E-state index in [1.165, 1.54) is 42.8 Å². The van der Waals surface area contributed by atoms with Gasteiger partial charge in [0.2, 0.25) is 0 Å². The first kappa shape index (κ1) is 16.0. The molecular weight excluding hydrogens is 264 g/mol. The molecule has 3 atom stereocenters. The van der Waals surface area contributed by atoms with Gasteiger partial charge in [-0.3, -0.25) is 0 Å². The van der Waals surface area contributed by atoms with Crippen LogP contribution >= 0.6 is 11.3 Å². The van der Waals surface area contributed by atoms with Crippen LogP contribution in [0, 0.1) is 11.8 Å². The first-order valence-electron chi connectivity index (χ1n) is 8.30. The summed E-state index contributed by atoms with van der Waals surface area (Å²) in [6.07, 6.45) is 6.71. The molecule has 1 fully saturated rings. The van der Waals surface area contributed by atoms with Crippen molar-refractivity contribution >= 4 is 11.3 Å². The molecule has 0 aromatic carbocycles. The van der Waals surface area contributed by atoms with Gasteiger partial charge in [-0.1, -0.05) is 40.5 Å². The Balaban J connectivity index is 2.12. The van der Waals surface area contributed by atoms with E-state index in [1.807, 2.05) is 11.3 Å². The van der Waals surface area contributed by atoms with E-state index in [1.54, 1.807) is 0 Å². The summed E-state index contributed by atoms with van der Waals surface area (Å²) in [5.41, 5.74) is 1.26. The predicted octanol–water partition coefficient (Wildman–Crippen LogP) is 5.13. The topological polar surface area (TPSA) is 24.9 Å². The minimum absolute atomic E-state index is 0.482. The van der Waals surface area contributed by atoms with Gasteiger partial charge >= 0.3 is 0 Å². The van der Waals surface area contributed by atoms with Crippen molar-refractivity contribution in [2.24, 2.45) is 11.8 Å². The van der Waals surface area contributed by atoms with E-state index in [-0.39, 0.29) is 0 Å². The van der Waals surface area contributed by atoms with Gasteiger partial charge in [-0.25, -0.2) is 4.98 Å². The summed E-state index contributed by atoms with van der Waals surface area (Å²) >= 11 is 1.86. The van der Waals surface area contributed by atoms with Crippen molar-refractivity contribution in [2.75, 3.05) is 6.54 Å². The van der Waals surface area contributed by atoms with Crippen molar-refractivity contribution < 1.29 is 0 Å². The van der Waals surface area contributed by atoms with Crippen molar-refractivity contribution in [1.82, 2.24) is 10.3 Å². The molecule has 1 saturated carbocycles. The second kappa shape index (κ2) is 7.56. The molecule has 20 heavy (non-hydrogen) atoms. The Morgan fingerprint density at radius 2 is 2.20 bits per heavy atom. The average Bonchev–Trinajstić information content (AvgIpc) is 2.89. The normalized spacial score (nSPS) is 25.1. The van der Waals surface area contributed by atoms with Crippen LogP contribution in [0.25, 0.3) is 0 Å². The lowest BCUT2D eigenvalue weighted by Crippen LogP contribution is -2.31. The third kappa shape index (κ3) is 4.05. The van der Waals surface area contributed by atoms with E-state index in [0.29, 0.717) is 12.0 Å². The van der Waals surface area contributed by atoms with Gasteiger partial charge in [0.25, 0.3) is 0 Å². The minimum Gasteiger partial charge on any atom is -0.308 e. The third-order valence-electron chi connectivity index (χ3n) is 4.46. The summed E-state index contributed by atoms with van der Waals surface area (Å²) in [7, 11) is 0. The van der Waals surface area contributed by atoms with Crippen LogP contribution in [0.3, 0.4) is 0 Å². The molecule has 1 aromatic rings. The fourth-order valence-electron chi connectivity index (χ4n) is 3.25. The summed E-state index contributed by atoms with van der Waals surface area (Å²) in [6, 6.07) is 0.482. The zero-order valence-corrected chi connectivity index (χ0v) is 14.3. The maximum absolute atomic E-state index is 4.92. The van der Waals surface area contributed by atoms with Gasteiger partial charge in [0, 0.05) is 5.38 Å². The number of hydrogen-bond acceptors (Lipinski definition) is 3. The highest BCUT2D eigenvalue weighted by Crippen LogP contribution is 2.38. The van der Waals surface area contributed by atoms with Gasteiger partial charge in [-0.2, -0.15) is 0 Å². The Hall–Kier alpha value is -0.410. The van der Waals surface area contributed by atoms with E-state index in [0.717, 1.165) is 18.4 Å². The van der Waals surface area contributed by atoms with Crippen molar-refractivity contribution in [1.29, 1.82) is 0 Å². The fraction of sp³-hybridized carbons (Fsp3) is 0.824. The van der Waals surface area contributed by atoms with Crippen molar-refractivity contribution in [3.63, 3.8) is 0 Å². The number of aromatic nitrogens is 1. The molecule has 1 aliphatic rings. The number of thiazole rings is 1. The number of hydrogen-bond donors (Lipinski definition) is 1. The highest BCUT2D eigenvalue weighted by atomic mass is 32.1. The van der Waals surface area contributed by atoms with Crippen LogP contribution in [0.1, 0.15) is 82.5 Å². The van der Waals surface area contributed by atoms with Crippen LogP contribution in [-0.2, 0) is 0 Å². The van der Waals surface area contributed by atoms with Crippen LogP contribution in [0.4, 0.5) is 0 Å². The quantitative estimate of drug-likeness (QED) is 0.786. The summed E-state index contributed by atoms with van der Waals surface area (Å²) in [6.45, 7) is 10.2. The Bertz CT molecular complexity index is 399. The van der Waals surface area contributed by atoms with E-state index >= 15 is 0 Å². The Morgan fingerprint density at radius 1 is 1.40 bits per heavy atom. The van der Waals surface area contributed by atoms with Crippen molar-refractivity contribution in [3.8, 4) is 0 Å². The SMILES string of the molecule is CCCNC(c1nc(C(C)C)cs1)C1CCCC(C)C1. The molecule has 1 aromatic heterocycles. The van der Waals surface area contributed by atoms with Gasteiger partial charge in [0.15, 0.2) is 0 Å². The molecule has 2 nitrogen and oxygen atoms in total. The molecule has 0 aliphatic heterocycles. The van der Waals surface area contributed by atoms with Crippen LogP contribution in [0.15, 0.2) is 5.38 Å². The van der Waals surface area contributed by atoms with Crippen LogP contribution in [0.2, 0.25) is 0 Å². The molecule has 0 bridgehead atoms. The molecule has 1 aliphatic carbocycles. The number of nitrogens with one attached hydrogen (secondary N) is 1. The second-order valence-electron chi connectivity index (χ2n) is 6.73. The highest BCUT2D eigenvalue weighted by Gasteiger charge is 2.29. The Kier molecular flexibility index (Phi) is 6.03. The molecule has 2 rings (SSSR count). The lowest BCUT2D eigenvalue weighted by atomic mass is 9.78. The molecule has 0 amide bonds. The molecule has 0 saturated heterocycles. The monoisotopic (exact) mass is 294 g/mol. The summed E-state index contributed by atoms with van der Waals surface area (Å²) in [5, 5.41) is 7.35. The van der Waals surface area contributed by atoms with Crippen molar-refractivity contribution in [3.05, 3.63) is 16.1 Å². The van der Waals surface area contributed by atoms with Crippen molar-refractivity contribution in [2.45, 2.75) is 71.8 Å². The van der Waals surface area contributed by atoms with Gasteiger partial charge in [-0.15, -0.1) is 11.3 Å². The predicted molar refractivity (Wildman–Crippen MR) is 88.4 cm³/mol. The molecule has 1 heterocycles. The fourth-order valence-corrected chi connectivity index (χ4v) is 4.39. The molecule has 0 spiro atoms. The Morgan fingerprint density at radius 3 is 2.80 bits per heavy atom. The number of rotatable bonds is 6. The second-order valence-corrected chi connectivity index (χ2v) is 7.62. The van der Waals surface area contributed by atoms with Crippen LogP contribution < -0.4 is 5.32 Å². The largest absolute Gasteiger partial charge is 0.308 e. The van der Waals surface area contributed by atoms with Gasteiger partial charge in [0.05, 0.1) is 11.7 Å². The molecule has 1 N–H and O–H groups in total. The lowest BCUT2D eigenvalue weighted by Gasteiger charge is -2.33. The minimum atomic E-state index is 0.482. The standard InChI is InChI=1S/C17H30N2S/c1-5-9-18-16(14-8-6-7-13(4)10-14)17-19-15(11-20-17)12(2)3/h11-14,16,18H,5-10H2,1-4H3. The van der Waals surface area contributed by atoms with E-state index < -0.39 is 0 Å². The zero-order valence-electron chi connectivity index (χ0n) is 13.5. The number of nitrogens with zero attached hydrogens (tertiary/aromatic N) is 1. The Labute approximate surface area is 128 Å². The third-order valence-corrected chi connectivity index (χ3v) is 5.41. The van der Waals surface area contributed by atoms with E-state index in [9.17, 15) is 0 Å². The smallest absolute Gasteiger partial charge is 0.110 e. The van der Waals surface area contributed by atoms with Crippen LogP contribution in [0.5, 0.6) is 0 Å². The zero-order chi connectivity index (χ0) is 14.5. The lowest BCUT2D eigenvalue weighted by molar-refractivity contribution is 0.223. The van der Waals surface area contributed by atoms with Gasteiger partial charge in [0.1, 0.15) is 5.01 Å². The molecule has 114 valence electrons. The maximum atomic E-state index is 4.92. The van der Waals surface area contributed by atoms with Crippen LogP contribution in [-0.4, -0.2) is 11.5 Å².